The quantitative estimate of drug-likeness (QED) is 0.783. The topological polar surface area (TPSA) is 41.5 Å². The third-order valence-electron chi connectivity index (χ3n) is 3.21. The molecule has 1 aromatic rings. The van der Waals surface area contributed by atoms with Crippen molar-refractivity contribution < 1.29 is 4.74 Å². The fourth-order valence-electron chi connectivity index (χ4n) is 2.08. The van der Waals surface area contributed by atoms with Crippen LogP contribution in [0.3, 0.4) is 0 Å². The first-order valence-electron chi connectivity index (χ1n) is 6.05. The fourth-order valence-corrected chi connectivity index (χ4v) is 2.08. The van der Waals surface area contributed by atoms with Crippen LogP contribution < -0.4 is 9.64 Å². The van der Waals surface area contributed by atoms with Crippen molar-refractivity contribution in [1.82, 2.24) is 14.9 Å². The summed E-state index contributed by atoms with van der Waals surface area (Å²) in [5.74, 6) is 1.58. The van der Waals surface area contributed by atoms with Crippen LogP contribution in [0, 0.1) is 0 Å². The van der Waals surface area contributed by atoms with Gasteiger partial charge in [-0.1, -0.05) is 0 Å². The van der Waals surface area contributed by atoms with Gasteiger partial charge in [-0.15, -0.1) is 0 Å². The van der Waals surface area contributed by atoms with Crippen molar-refractivity contribution in [3.8, 4) is 5.88 Å². The van der Waals surface area contributed by atoms with Crippen LogP contribution in [0.25, 0.3) is 0 Å². The second-order valence-electron chi connectivity index (χ2n) is 4.54. The Labute approximate surface area is 102 Å². The van der Waals surface area contributed by atoms with Gasteiger partial charge in [-0.2, -0.15) is 0 Å². The third kappa shape index (κ3) is 2.85. The molecule has 1 aromatic heterocycles. The Balaban J connectivity index is 2.00. The standard InChI is InChI=1S/C12H20N4O/c1-10(2)15-4-6-16(7-5-15)11-8-12(17-3)14-9-13-11/h8-10H,4-7H2,1-3H3. The van der Waals surface area contributed by atoms with E-state index in [1.165, 1.54) is 0 Å². The maximum atomic E-state index is 5.12. The van der Waals surface area contributed by atoms with E-state index in [0.717, 1.165) is 32.0 Å². The van der Waals surface area contributed by atoms with Crippen LogP contribution in [-0.4, -0.2) is 54.2 Å². The lowest BCUT2D eigenvalue weighted by Crippen LogP contribution is -2.49. The second kappa shape index (κ2) is 5.31. The number of hydrogen-bond acceptors (Lipinski definition) is 5. The van der Waals surface area contributed by atoms with E-state index in [1.54, 1.807) is 13.4 Å². The highest BCUT2D eigenvalue weighted by atomic mass is 16.5. The molecule has 0 amide bonds. The zero-order chi connectivity index (χ0) is 12.3. The molecule has 0 saturated carbocycles. The molecule has 0 radical (unpaired) electrons. The monoisotopic (exact) mass is 236 g/mol. The van der Waals surface area contributed by atoms with Gasteiger partial charge in [0.15, 0.2) is 0 Å². The third-order valence-corrected chi connectivity index (χ3v) is 3.21. The maximum absolute atomic E-state index is 5.12. The number of hydrogen-bond donors (Lipinski definition) is 0. The number of piperazine rings is 1. The average Bonchev–Trinajstić information content (AvgIpc) is 2.39. The zero-order valence-corrected chi connectivity index (χ0v) is 10.8. The van der Waals surface area contributed by atoms with Crippen LogP contribution in [-0.2, 0) is 0 Å². The van der Waals surface area contributed by atoms with Crippen LogP contribution in [0.2, 0.25) is 0 Å². The Morgan fingerprint density at radius 2 is 1.88 bits per heavy atom. The Bertz CT molecular complexity index is 361. The predicted octanol–water partition coefficient (Wildman–Crippen LogP) is 1.02. The van der Waals surface area contributed by atoms with Gasteiger partial charge in [-0.3, -0.25) is 4.90 Å². The Morgan fingerprint density at radius 3 is 2.47 bits per heavy atom. The lowest BCUT2D eigenvalue weighted by molar-refractivity contribution is 0.209. The van der Waals surface area contributed by atoms with Crippen LogP contribution in [0.5, 0.6) is 5.88 Å². The van der Waals surface area contributed by atoms with Crippen LogP contribution in [0.4, 0.5) is 5.82 Å². The summed E-state index contributed by atoms with van der Waals surface area (Å²) in [6, 6.07) is 2.52. The van der Waals surface area contributed by atoms with Gasteiger partial charge < -0.3 is 9.64 Å². The largest absolute Gasteiger partial charge is 0.481 e. The van der Waals surface area contributed by atoms with Gasteiger partial charge in [0.25, 0.3) is 0 Å². The summed E-state index contributed by atoms with van der Waals surface area (Å²) in [6.07, 6.45) is 1.56. The van der Waals surface area contributed by atoms with E-state index in [-0.39, 0.29) is 0 Å². The molecule has 17 heavy (non-hydrogen) atoms. The van der Waals surface area contributed by atoms with Crippen molar-refractivity contribution in [2.75, 3.05) is 38.2 Å². The number of methoxy groups -OCH3 is 1. The molecular weight excluding hydrogens is 216 g/mol. The number of ether oxygens (including phenoxy) is 1. The molecule has 0 spiro atoms. The van der Waals surface area contributed by atoms with Crippen molar-refractivity contribution in [1.29, 1.82) is 0 Å². The molecule has 5 nitrogen and oxygen atoms in total. The van der Waals surface area contributed by atoms with Crippen molar-refractivity contribution in [2.24, 2.45) is 0 Å². The first kappa shape index (κ1) is 12.1. The van der Waals surface area contributed by atoms with Crippen LogP contribution in [0.15, 0.2) is 12.4 Å². The molecule has 94 valence electrons. The average molecular weight is 236 g/mol. The van der Waals surface area contributed by atoms with Crippen LogP contribution >= 0.6 is 0 Å². The lowest BCUT2D eigenvalue weighted by atomic mass is 10.2. The van der Waals surface area contributed by atoms with E-state index >= 15 is 0 Å². The van der Waals surface area contributed by atoms with Crippen molar-refractivity contribution in [3.63, 3.8) is 0 Å². The molecule has 0 aromatic carbocycles. The minimum absolute atomic E-state index is 0.622. The normalized spacial score (nSPS) is 17.5. The van der Waals surface area contributed by atoms with Gasteiger partial charge in [0.05, 0.1) is 7.11 Å². The number of anilines is 1. The minimum Gasteiger partial charge on any atom is -0.481 e. The van der Waals surface area contributed by atoms with E-state index < -0.39 is 0 Å². The highest BCUT2D eigenvalue weighted by Gasteiger charge is 2.19. The summed E-state index contributed by atoms with van der Waals surface area (Å²) in [5, 5.41) is 0. The summed E-state index contributed by atoms with van der Waals surface area (Å²) >= 11 is 0. The first-order chi connectivity index (χ1) is 8.20. The summed E-state index contributed by atoms with van der Waals surface area (Å²) in [7, 11) is 1.63. The van der Waals surface area contributed by atoms with E-state index in [1.807, 2.05) is 6.07 Å². The van der Waals surface area contributed by atoms with Gasteiger partial charge in [0.2, 0.25) is 5.88 Å². The molecule has 0 unspecified atom stereocenters. The van der Waals surface area contributed by atoms with Gasteiger partial charge in [-0.05, 0) is 13.8 Å². The summed E-state index contributed by atoms with van der Waals surface area (Å²) in [5.41, 5.74) is 0. The number of nitrogens with zero attached hydrogens (tertiary/aromatic N) is 4. The van der Waals surface area contributed by atoms with Gasteiger partial charge in [-0.25, -0.2) is 9.97 Å². The molecule has 1 fully saturated rings. The Morgan fingerprint density at radius 1 is 1.18 bits per heavy atom. The lowest BCUT2D eigenvalue weighted by Gasteiger charge is -2.37. The second-order valence-corrected chi connectivity index (χ2v) is 4.54. The minimum atomic E-state index is 0.622. The molecule has 0 N–H and O–H groups in total. The fraction of sp³-hybridized carbons (Fsp3) is 0.667. The van der Waals surface area contributed by atoms with Crippen LogP contribution in [0.1, 0.15) is 13.8 Å². The van der Waals surface area contributed by atoms with Gasteiger partial charge >= 0.3 is 0 Å². The Kier molecular flexibility index (Phi) is 3.78. The number of aromatic nitrogens is 2. The van der Waals surface area contributed by atoms with E-state index in [0.29, 0.717) is 11.9 Å². The number of rotatable bonds is 3. The predicted molar refractivity (Wildman–Crippen MR) is 67.5 cm³/mol. The van der Waals surface area contributed by atoms with E-state index in [9.17, 15) is 0 Å². The molecule has 2 rings (SSSR count). The molecule has 5 heteroatoms. The molecule has 2 heterocycles. The SMILES string of the molecule is COc1cc(N2CCN(C(C)C)CC2)ncn1. The first-order valence-corrected chi connectivity index (χ1v) is 6.05. The molecule has 0 bridgehead atoms. The molecule has 1 aliphatic heterocycles. The van der Waals surface area contributed by atoms with E-state index in [2.05, 4.69) is 33.6 Å². The van der Waals surface area contributed by atoms with Crippen molar-refractivity contribution in [2.45, 2.75) is 19.9 Å². The van der Waals surface area contributed by atoms with Gasteiger partial charge in [0.1, 0.15) is 12.1 Å². The summed E-state index contributed by atoms with van der Waals surface area (Å²) in [6.45, 7) is 8.68. The smallest absolute Gasteiger partial charge is 0.218 e. The highest BCUT2D eigenvalue weighted by Crippen LogP contribution is 2.17. The summed E-state index contributed by atoms with van der Waals surface area (Å²) in [4.78, 5) is 13.1. The van der Waals surface area contributed by atoms with E-state index in [4.69, 9.17) is 4.74 Å². The van der Waals surface area contributed by atoms with Crippen molar-refractivity contribution >= 4 is 5.82 Å². The highest BCUT2D eigenvalue weighted by molar-refractivity contribution is 5.41. The molecule has 0 aliphatic carbocycles. The molecule has 1 aliphatic rings. The zero-order valence-electron chi connectivity index (χ0n) is 10.8. The van der Waals surface area contributed by atoms with Crippen molar-refractivity contribution in [3.05, 3.63) is 12.4 Å². The molecule has 1 saturated heterocycles. The molecular formula is C12H20N4O. The molecule has 0 atom stereocenters. The van der Waals surface area contributed by atoms with Gasteiger partial charge in [0, 0.05) is 38.3 Å². The summed E-state index contributed by atoms with van der Waals surface area (Å²) < 4.78 is 5.12. The maximum Gasteiger partial charge on any atom is 0.218 e. The Hall–Kier alpha value is -1.36.